The van der Waals surface area contributed by atoms with Crippen molar-refractivity contribution in [1.82, 2.24) is 24.9 Å². The molecule has 2 atom stereocenters. The standard InChI is InChI=1S/C70H45N5/c1-5-18-45(19-6-1)62-42-71-43-63(72-62)49-37-39-55-59(41-49)65-53-27-14-13-26-52(53)64(55)58-40-48(36-38-54(58)65)44-32-34-47(35-33-44)68-73-67(46-20-7-2-8-21-46)74-69(75-68)57-29-17-31-61-66(57)56-28-15-16-30-60(56)70(61,50-22-9-3-10-23-50)51-24-11-4-12-25-51/h1-43,64-65H. The molecule has 4 aliphatic carbocycles. The first-order valence-electron chi connectivity index (χ1n) is 25.7. The molecular weight excluding hydrogens is 911 g/mol. The molecule has 0 fully saturated rings. The van der Waals surface area contributed by atoms with E-state index in [9.17, 15) is 0 Å². The van der Waals surface area contributed by atoms with Crippen molar-refractivity contribution < 1.29 is 0 Å². The molecule has 5 nitrogen and oxygen atoms in total. The summed E-state index contributed by atoms with van der Waals surface area (Å²) in [6, 6.07) is 89.6. The summed E-state index contributed by atoms with van der Waals surface area (Å²) in [5.41, 5.74) is 23.9. The number of hydrogen-bond donors (Lipinski definition) is 0. The summed E-state index contributed by atoms with van der Waals surface area (Å²) >= 11 is 0. The Labute approximate surface area is 435 Å². The molecule has 0 amide bonds. The van der Waals surface area contributed by atoms with E-state index in [0.29, 0.717) is 17.5 Å². The molecule has 0 saturated carbocycles. The Morgan fingerprint density at radius 1 is 0.280 bits per heavy atom. The predicted octanol–water partition coefficient (Wildman–Crippen LogP) is 16.0. The Morgan fingerprint density at radius 3 is 1.36 bits per heavy atom. The van der Waals surface area contributed by atoms with Crippen LogP contribution >= 0.6 is 0 Å². The summed E-state index contributed by atoms with van der Waals surface area (Å²) in [6.07, 6.45) is 3.73. The van der Waals surface area contributed by atoms with Crippen LogP contribution in [0.25, 0.3) is 78.9 Å². The van der Waals surface area contributed by atoms with Gasteiger partial charge >= 0.3 is 0 Å². The Hall–Kier alpha value is -9.71. The highest BCUT2D eigenvalue weighted by atomic mass is 15.0. The van der Waals surface area contributed by atoms with Crippen LogP contribution in [0.2, 0.25) is 0 Å². The van der Waals surface area contributed by atoms with E-state index in [0.717, 1.165) is 50.3 Å². The lowest BCUT2D eigenvalue weighted by molar-refractivity contribution is 0.755. The van der Waals surface area contributed by atoms with Gasteiger partial charge in [-0.1, -0.05) is 237 Å². The SMILES string of the molecule is c1ccc(-c2cncc(-c3ccc4c(c3)C3c5ccccc5C4c4cc(-c5ccc(-c6nc(-c7ccccc7)nc(-c7cccc8c7-c7ccccc7C8(c7ccccc7)c7ccccc7)n6)cc5)ccc43)n2)cc1. The van der Waals surface area contributed by atoms with Gasteiger partial charge in [-0.2, -0.15) is 0 Å². The third kappa shape index (κ3) is 6.75. The van der Waals surface area contributed by atoms with E-state index >= 15 is 0 Å². The quantitative estimate of drug-likeness (QED) is 0.152. The smallest absolute Gasteiger partial charge is 0.164 e. The van der Waals surface area contributed by atoms with Gasteiger partial charge in [-0.15, -0.1) is 0 Å². The largest absolute Gasteiger partial charge is 0.260 e. The van der Waals surface area contributed by atoms with Crippen LogP contribution in [0.5, 0.6) is 0 Å². The highest BCUT2D eigenvalue weighted by Crippen LogP contribution is 2.59. The number of rotatable bonds is 8. The molecule has 5 heteroatoms. The van der Waals surface area contributed by atoms with Gasteiger partial charge in [0.15, 0.2) is 17.5 Å². The first-order chi connectivity index (χ1) is 37.2. The van der Waals surface area contributed by atoms with Crippen molar-refractivity contribution in [3.8, 4) is 78.9 Å². The molecule has 0 spiro atoms. The third-order valence-electron chi connectivity index (χ3n) is 15.9. The second-order valence-electron chi connectivity index (χ2n) is 19.8. The van der Waals surface area contributed by atoms with Crippen LogP contribution in [0, 0.1) is 0 Å². The maximum atomic E-state index is 5.39. The molecule has 4 aliphatic rings. The van der Waals surface area contributed by atoms with Gasteiger partial charge in [0.25, 0.3) is 0 Å². The number of nitrogens with zero attached hydrogens (tertiary/aromatic N) is 5. The van der Waals surface area contributed by atoms with Crippen LogP contribution in [0.4, 0.5) is 0 Å². The van der Waals surface area contributed by atoms with Gasteiger partial charge in [-0.3, -0.25) is 4.98 Å². The zero-order valence-corrected chi connectivity index (χ0v) is 40.7. The predicted molar refractivity (Wildman–Crippen MR) is 300 cm³/mol. The molecule has 2 heterocycles. The number of benzene rings is 10. The minimum atomic E-state index is -0.545. The maximum absolute atomic E-state index is 5.39. The normalized spacial score (nSPS) is 15.0. The van der Waals surface area contributed by atoms with E-state index in [1.807, 2.05) is 48.8 Å². The van der Waals surface area contributed by atoms with E-state index in [1.165, 1.54) is 66.8 Å². The average Bonchev–Trinajstić information content (AvgIpc) is 3.81. The van der Waals surface area contributed by atoms with Crippen molar-refractivity contribution in [3.63, 3.8) is 0 Å². The van der Waals surface area contributed by atoms with E-state index in [2.05, 4.69) is 217 Å². The van der Waals surface area contributed by atoms with E-state index in [4.69, 9.17) is 19.9 Å². The lowest BCUT2D eigenvalue weighted by Crippen LogP contribution is -2.28. The molecule has 12 aromatic rings. The van der Waals surface area contributed by atoms with Crippen molar-refractivity contribution in [1.29, 1.82) is 0 Å². The average molecular weight is 956 g/mol. The van der Waals surface area contributed by atoms with Gasteiger partial charge in [0, 0.05) is 39.7 Å². The van der Waals surface area contributed by atoms with Gasteiger partial charge in [0.1, 0.15) is 0 Å². The van der Waals surface area contributed by atoms with Crippen molar-refractivity contribution in [2.75, 3.05) is 0 Å². The van der Waals surface area contributed by atoms with Gasteiger partial charge in [0.2, 0.25) is 0 Å². The summed E-state index contributed by atoms with van der Waals surface area (Å²) in [5, 5.41) is 0. The number of aromatic nitrogens is 5. The molecule has 0 N–H and O–H groups in total. The molecule has 0 aliphatic heterocycles. The van der Waals surface area contributed by atoms with Gasteiger partial charge in [-0.05, 0) is 90.0 Å². The first kappa shape index (κ1) is 42.9. The fourth-order valence-electron chi connectivity index (χ4n) is 12.6. The third-order valence-corrected chi connectivity index (χ3v) is 15.9. The van der Waals surface area contributed by atoms with Crippen LogP contribution in [-0.2, 0) is 5.41 Å². The number of fused-ring (bicyclic) bond motifs is 3. The van der Waals surface area contributed by atoms with Crippen LogP contribution in [0.1, 0.15) is 67.5 Å². The first-order valence-corrected chi connectivity index (χ1v) is 25.7. The topological polar surface area (TPSA) is 64.5 Å². The monoisotopic (exact) mass is 955 g/mol. The lowest BCUT2D eigenvalue weighted by atomic mass is 9.60. The molecule has 75 heavy (non-hydrogen) atoms. The van der Waals surface area contributed by atoms with Crippen LogP contribution < -0.4 is 0 Å². The summed E-state index contributed by atoms with van der Waals surface area (Å²) in [7, 11) is 0. The highest BCUT2D eigenvalue weighted by molar-refractivity contribution is 5.94. The molecule has 2 aromatic heterocycles. The maximum Gasteiger partial charge on any atom is 0.164 e. The van der Waals surface area contributed by atoms with Crippen molar-refractivity contribution in [2.24, 2.45) is 0 Å². The van der Waals surface area contributed by atoms with Crippen molar-refractivity contribution in [3.05, 3.63) is 317 Å². The number of hydrogen-bond acceptors (Lipinski definition) is 5. The molecule has 10 aromatic carbocycles. The molecule has 0 saturated heterocycles. The molecule has 350 valence electrons. The second-order valence-corrected chi connectivity index (χ2v) is 19.8. The van der Waals surface area contributed by atoms with Gasteiger partial charge in [0.05, 0.1) is 29.2 Å². The van der Waals surface area contributed by atoms with Gasteiger partial charge < -0.3 is 0 Å². The van der Waals surface area contributed by atoms with Crippen LogP contribution in [0.3, 0.4) is 0 Å². The minimum absolute atomic E-state index is 0.113. The van der Waals surface area contributed by atoms with Crippen LogP contribution in [-0.4, -0.2) is 24.9 Å². The van der Waals surface area contributed by atoms with E-state index in [-0.39, 0.29) is 11.8 Å². The van der Waals surface area contributed by atoms with Crippen molar-refractivity contribution >= 4 is 0 Å². The second kappa shape index (κ2) is 17.2. The molecule has 2 unspecified atom stereocenters. The van der Waals surface area contributed by atoms with E-state index in [1.54, 1.807) is 0 Å². The fourth-order valence-corrected chi connectivity index (χ4v) is 12.6. The Bertz CT molecular complexity index is 4140. The Balaban J connectivity index is 0.815. The van der Waals surface area contributed by atoms with Crippen LogP contribution in [0.15, 0.2) is 261 Å². The molecular formula is C70H45N5. The highest BCUT2D eigenvalue weighted by Gasteiger charge is 2.47. The summed E-state index contributed by atoms with van der Waals surface area (Å²) in [5.74, 6) is 2.12. The summed E-state index contributed by atoms with van der Waals surface area (Å²) in [4.78, 5) is 25.6. The van der Waals surface area contributed by atoms with E-state index < -0.39 is 5.41 Å². The van der Waals surface area contributed by atoms with Crippen molar-refractivity contribution in [2.45, 2.75) is 17.3 Å². The fraction of sp³-hybridized carbons (Fsp3) is 0.0429. The van der Waals surface area contributed by atoms with Gasteiger partial charge in [-0.25, -0.2) is 19.9 Å². The minimum Gasteiger partial charge on any atom is -0.260 e. The molecule has 0 radical (unpaired) electrons. The zero-order chi connectivity index (χ0) is 49.5. The summed E-state index contributed by atoms with van der Waals surface area (Å²) < 4.78 is 0. The Morgan fingerprint density at radius 2 is 0.720 bits per heavy atom. The zero-order valence-electron chi connectivity index (χ0n) is 40.7. The Kier molecular flexibility index (Phi) is 9.86. The molecule has 2 bridgehead atoms. The lowest BCUT2D eigenvalue weighted by Gasteiger charge is -2.42. The summed E-state index contributed by atoms with van der Waals surface area (Å²) in [6.45, 7) is 0. The molecule has 16 rings (SSSR count).